The van der Waals surface area contributed by atoms with Gasteiger partial charge >= 0.3 is 0 Å². The van der Waals surface area contributed by atoms with Crippen LogP contribution in [-0.4, -0.2) is 18.5 Å². The topological polar surface area (TPSA) is 18.5 Å². The molecule has 0 spiro atoms. The molecule has 0 atom stereocenters. The molecule has 0 saturated heterocycles. The molecular formula is C25H37BrO2. The van der Waals surface area contributed by atoms with Crippen LogP contribution >= 0.6 is 15.9 Å². The van der Waals surface area contributed by atoms with Crippen molar-refractivity contribution in [1.82, 2.24) is 0 Å². The van der Waals surface area contributed by atoms with Crippen molar-refractivity contribution < 1.29 is 9.47 Å². The number of unbranched alkanes of at least 4 members (excludes halogenated alkanes) is 7. The van der Waals surface area contributed by atoms with Crippen molar-refractivity contribution in [3.8, 4) is 11.5 Å². The lowest BCUT2D eigenvalue weighted by atomic mass is 10.0. The molecule has 0 radical (unpaired) electrons. The average Bonchev–Trinajstić information content (AvgIpc) is 2.73. The smallest absolute Gasteiger partial charge is 0.130 e. The summed E-state index contributed by atoms with van der Waals surface area (Å²) in [6, 6.07) is 10.7. The molecule has 0 unspecified atom stereocenters. The summed E-state index contributed by atoms with van der Waals surface area (Å²) < 4.78 is 12.5. The molecule has 2 aromatic rings. The minimum atomic E-state index is 0.776. The Morgan fingerprint density at radius 2 is 1.39 bits per heavy atom. The van der Waals surface area contributed by atoms with Crippen LogP contribution in [0.5, 0.6) is 11.5 Å². The summed E-state index contributed by atoms with van der Waals surface area (Å²) in [6.45, 7) is 6.03. The molecule has 0 aromatic heterocycles. The molecule has 0 aliphatic rings. The third kappa shape index (κ3) is 7.31. The predicted molar refractivity (Wildman–Crippen MR) is 125 cm³/mol. The minimum Gasteiger partial charge on any atom is -0.493 e. The van der Waals surface area contributed by atoms with Crippen LogP contribution in [0.3, 0.4) is 0 Å². The highest BCUT2D eigenvalue weighted by Gasteiger charge is 2.13. The first-order valence-corrected chi connectivity index (χ1v) is 12.3. The van der Waals surface area contributed by atoms with Gasteiger partial charge in [0.2, 0.25) is 0 Å². The van der Waals surface area contributed by atoms with Gasteiger partial charge in [-0.2, -0.15) is 0 Å². The van der Waals surface area contributed by atoms with Crippen molar-refractivity contribution in [1.29, 1.82) is 0 Å². The van der Waals surface area contributed by atoms with E-state index >= 15 is 0 Å². The first kappa shape index (κ1) is 23.1. The number of rotatable bonds is 15. The molecule has 0 N–H and O–H groups in total. The molecule has 2 nitrogen and oxygen atoms in total. The molecular weight excluding hydrogens is 412 g/mol. The van der Waals surface area contributed by atoms with Gasteiger partial charge in [0.05, 0.1) is 13.2 Å². The molecule has 3 heteroatoms. The average molecular weight is 449 g/mol. The molecule has 28 heavy (non-hydrogen) atoms. The second-order valence-corrected chi connectivity index (χ2v) is 8.27. The fourth-order valence-corrected chi connectivity index (χ4v) is 3.93. The standard InChI is InChI=1S/C25H37BrO2/c1-3-5-6-7-8-13-19-28-25-21(4-2)20-24(27-18-14-9-12-17-26)22-15-10-11-16-23(22)25/h10-11,15-16,20H,3-9,12-14,17-19H2,1-2H3. The van der Waals surface area contributed by atoms with Gasteiger partial charge in [0.25, 0.3) is 0 Å². The Kier molecular flexibility index (Phi) is 11.4. The van der Waals surface area contributed by atoms with E-state index in [4.69, 9.17) is 9.47 Å². The fraction of sp³-hybridized carbons (Fsp3) is 0.600. The lowest BCUT2D eigenvalue weighted by Gasteiger charge is -2.17. The lowest BCUT2D eigenvalue weighted by Crippen LogP contribution is -2.03. The number of aryl methyl sites for hydroxylation is 1. The largest absolute Gasteiger partial charge is 0.493 e. The Bertz CT molecular complexity index is 684. The summed E-state index contributed by atoms with van der Waals surface area (Å²) in [5.74, 6) is 2.05. The van der Waals surface area contributed by atoms with Crippen LogP contribution < -0.4 is 9.47 Å². The predicted octanol–water partition coefficient (Wildman–Crippen LogP) is 8.09. The Labute approximate surface area is 180 Å². The van der Waals surface area contributed by atoms with Crippen molar-refractivity contribution in [2.75, 3.05) is 18.5 Å². The van der Waals surface area contributed by atoms with E-state index in [0.29, 0.717) is 0 Å². The first-order chi connectivity index (χ1) is 13.8. The van der Waals surface area contributed by atoms with E-state index in [1.165, 1.54) is 55.9 Å². The summed E-state index contributed by atoms with van der Waals surface area (Å²) >= 11 is 3.49. The van der Waals surface area contributed by atoms with Gasteiger partial charge in [0, 0.05) is 16.1 Å². The number of ether oxygens (including phenoxy) is 2. The Hall–Kier alpha value is -1.22. The summed E-state index contributed by atoms with van der Waals surface area (Å²) in [6.07, 6.45) is 12.2. The van der Waals surface area contributed by atoms with Crippen LogP contribution in [0.4, 0.5) is 0 Å². The molecule has 0 aliphatic heterocycles. The minimum absolute atomic E-state index is 0.776. The first-order valence-electron chi connectivity index (χ1n) is 11.2. The van der Waals surface area contributed by atoms with Crippen molar-refractivity contribution >= 4 is 26.7 Å². The zero-order chi connectivity index (χ0) is 20.0. The Morgan fingerprint density at radius 1 is 0.750 bits per heavy atom. The highest BCUT2D eigenvalue weighted by Crippen LogP contribution is 2.37. The highest BCUT2D eigenvalue weighted by atomic mass is 79.9. The maximum atomic E-state index is 6.30. The number of alkyl halides is 1. The van der Waals surface area contributed by atoms with Crippen molar-refractivity contribution in [2.24, 2.45) is 0 Å². The highest BCUT2D eigenvalue weighted by molar-refractivity contribution is 9.09. The number of hydrogen-bond acceptors (Lipinski definition) is 2. The fourth-order valence-electron chi connectivity index (χ4n) is 3.54. The second kappa shape index (κ2) is 13.9. The maximum Gasteiger partial charge on any atom is 0.130 e. The number of halogens is 1. The van der Waals surface area contributed by atoms with Crippen LogP contribution in [0.1, 0.15) is 77.2 Å². The Morgan fingerprint density at radius 3 is 2.11 bits per heavy atom. The third-order valence-electron chi connectivity index (χ3n) is 5.19. The van der Waals surface area contributed by atoms with Crippen LogP contribution in [0.2, 0.25) is 0 Å². The van der Waals surface area contributed by atoms with Crippen molar-refractivity contribution in [3.05, 3.63) is 35.9 Å². The van der Waals surface area contributed by atoms with Gasteiger partial charge < -0.3 is 9.47 Å². The van der Waals surface area contributed by atoms with E-state index < -0.39 is 0 Å². The summed E-state index contributed by atoms with van der Waals surface area (Å²) in [5, 5.41) is 3.42. The van der Waals surface area contributed by atoms with E-state index in [9.17, 15) is 0 Å². The van der Waals surface area contributed by atoms with E-state index in [0.717, 1.165) is 54.7 Å². The van der Waals surface area contributed by atoms with E-state index in [1.807, 2.05) is 0 Å². The van der Waals surface area contributed by atoms with E-state index in [-0.39, 0.29) is 0 Å². The number of benzene rings is 2. The van der Waals surface area contributed by atoms with Gasteiger partial charge in [-0.05, 0) is 43.7 Å². The molecule has 0 heterocycles. The molecule has 0 aliphatic carbocycles. The molecule has 0 amide bonds. The molecule has 0 saturated carbocycles. The lowest BCUT2D eigenvalue weighted by molar-refractivity contribution is 0.300. The van der Waals surface area contributed by atoms with Gasteiger partial charge in [-0.25, -0.2) is 0 Å². The van der Waals surface area contributed by atoms with Gasteiger partial charge in [-0.1, -0.05) is 86.1 Å². The van der Waals surface area contributed by atoms with Gasteiger partial charge in [0.1, 0.15) is 11.5 Å². The summed E-state index contributed by atoms with van der Waals surface area (Å²) in [7, 11) is 0. The molecule has 0 fully saturated rings. The molecule has 2 rings (SSSR count). The van der Waals surface area contributed by atoms with Crippen LogP contribution in [0, 0.1) is 0 Å². The molecule has 156 valence electrons. The molecule has 0 bridgehead atoms. The number of hydrogen-bond donors (Lipinski definition) is 0. The summed E-state index contributed by atoms with van der Waals surface area (Å²) in [5.41, 5.74) is 1.25. The van der Waals surface area contributed by atoms with Crippen LogP contribution in [0.15, 0.2) is 30.3 Å². The van der Waals surface area contributed by atoms with Crippen molar-refractivity contribution in [3.63, 3.8) is 0 Å². The third-order valence-corrected chi connectivity index (χ3v) is 5.76. The second-order valence-electron chi connectivity index (χ2n) is 7.48. The van der Waals surface area contributed by atoms with Gasteiger partial charge in [-0.3, -0.25) is 0 Å². The summed E-state index contributed by atoms with van der Waals surface area (Å²) in [4.78, 5) is 0. The zero-order valence-corrected chi connectivity index (χ0v) is 19.4. The quantitative estimate of drug-likeness (QED) is 0.202. The SMILES string of the molecule is CCCCCCCCOc1c(CC)cc(OCCCCCBr)c2ccccc12. The maximum absolute atomic E-state index is 6.30. The van der Waals surface area contributed by atoms with E-state index in [1.54, 1.807) is 0 Å². The zero-order valence-electron chi connectivity index (χ0n) is 17.8. The van der Waals surface area contributed by atoms with Crippen molar-refractivity contribution in [2.45, 2.75) is 78.1 Å². The van der Waals surface area contributed by atoms with Crippen LogP contribution in [-0.2, 0) is 6.42 Å². The number of fused-ring (bicyclic) bond motifs is 1. The normalized spacial score (nSPS) is 11.1. The van der Waals surface area contributed by atoms with Crippen LogP contribution in [0.25, 0.3) is 10.8 Å². The van der Waals surface area contributed by atoms with Gasteiger partial charge in [0.15, 0.2) is 0 Å². The monoisotopic (exact) mass is 448 g/mol. The molecule has 2 aromatic carbocycles. The van der Waals surface area contributed by atoms with E-state index in [2.05, 4.69) is 60.1 Å². The van der Waals surface area contributed by atoms with Gasteiger partial charge in [-0.15, -0.1) is 0 Å². The Balaban J connectivity index is 2.03.